The molecule has 2 nitrogen and oxygen atoms in total. The summed E-state index contributed by atoms with van der Waals surface area (Å²) in [5.74, 6) is 0. The van der Waals surface area contributed by atoms with Gasteiger partial charge in [0.1, 0.15) is 0 Å². The van der Waals surface area contributed by atoms with Gasteiger partial charge in [-0.3, -0.25) is 0 Å². The molecule has 0 bridgehead atoms. The Morgan fingerprint density at radius 3 is 2.50 bits per heavy atom. The average molecular weight is 113 g/mol. The molecule has 1 atom stereocenters. The highest BCUT2D eigenvalue weighted by atomic mass is 14.8. The molecule has 47 valence electrons. The van der Waals surface area contributed by atoms with Gasteiger partial charge in [0.05, 0.1) is 0 Å². The molecule has 2 heteroatoms. The van der Waals surface area contributed by atoms with Crippen LogP contribution in [0.4, 0.5) is 0 Å². The number of nitrogens with one attached hydrogen (secondary N) is 2. The summed E-state index contributed by atoms with van der Waals surface area (Å²) >= 11 is 0. The smallest absolute Gasteiger partial charge is 0.0108 e. The Balaban J connectivity index is 3.24. The largest absolute Gasteiger partial charge is 0.317 e. The van der Waals surface area contributed by atoms with E-state index in [1.54, 1.807) is 0 Å². The lowest BCUT2D eigenvalue weighted by molar-refractivity contribution is 0.633. The van der Waals surface area contributed by atoms with Crippen LogP contribution in [0.15, 0.2) is 0 Å². The van der Waals surface area contributed by atoms with Gasteiger partial charge >= 0.3 is 0 Å². The molecule has 8 heavy (non-hydrogen) atoms. The average Bonchev–Trinajstić information content (AvgIpc) is 1.65. The molecule has 1 radical (unpaired) electrons. The SMILES string of the molecule is [CH2]C(=N)CC(C)NC. The normalized spacial score (nSPS) is 13.4. The Bertz CT molecular complexity index is 78.6. The minimum absolute atomic E-state index is 0.389. The maximum absolute atomic E-state index is 6.98. The molecule has 0 aliphatic rings. The Labute approximate surface area is 50.8 Å². The molecule has 0 heterocycles. The number of hydrogen-bond donors (Lipinski definition) is 2. The minimum atomic E-state index is 0.389. The summed E-state index contributed by atoms with van der Waals surface area (Å²) in [6.45, 7) is 5.50. The quantitative estimate of drug-likeness (QED) is 0.523. The van der Waals surface area contributed by atoms with Crippen LogP contribution in [-0.2, 0) is 0 Å². The van der Waals surface area contributed by atoms with Crippen LogP contribution in [0.25, 0.3) is 0 Å². The van der Waals surface area contributed by atoms with E-state index in [1.165, 1.54) is 0 Å². The van der Waals surface area contributed by atoms with Gasteiger partial charge in [-0.25, -0.2) is 0 Å². The molecule has 0 spiro atoms. The van der Waals surface area contributed by atoms with E-state index in [1.807, 2.05) is 14.0 Å². The number of hydrogen-bond acceptors (Lipinski definition) is 2. The van der Waals surface area contributed by atoms with E-state index in [2.05, 4.69) is 12.2 Å². The molecule has 0 amide bonds. The van der Waals surface area contributed by atoms with Gasteiger partial charge in [0.15, 0.2) is 0 Å². The second-order valence-electron chi connectivity index (χ2n) is 2.00. The predicted octanol–water partition coefficient (Wildman–Crippen LogP) is 0.838. The fourth-order valence-electron chi connectivity index (χ4n) is 0.472. The third-order valence-corrected chi connectivity index (χ3v) is 1.05. The fourth-order valence-corrected chi connectivity index (χ4v) is 0.472. The van der Waals surface area contributed by atoms with Crippen LogP contribution in [0.2, 0.25) is 0 Å². The molecular formula is C6H13N2. The van der Waals surface area contributed by atoms with E-state index in [0.717, 1.165) is 6.42 Å². The van der Waals surface area contributed by atoms with E-state index in [0.29, 0.717) is 11.8 Å². The fraction of sp³-hybridized carbons (Fsp3) is 0.667. The van der Waals surface area contributed by atoms with Crippen LogP contribution in [0.5, 0.6) is 0 Å². The molecule has 0 aliphatic heterocycles. The zero-order valence-corrected chi connectivity index (χ0v) is 5.49. The molecular weight excluding hydrogens is 100 g/mol. The van der Waals surface area contributed by atoms with Gasteiger partial charge in [-0.2, -0.15) is 0 Å². The molecule has 2 N–H and O–H groups in total. The van der Waals surface area contributed by atoms with Crippen molar-refractivity contribution in [3.8, 4) is 0 Å². The highest BCUT2D eigenvalue weighted by Gasteiger charge is 1.96. The zero-order valence-electron chi connectivity index (χ0n) is 5.49. The molecule has 0 aromatic carbocycles. The third-order valence-electron chi connectivity index (χ3n) is 1.05. The Kier molecular flexibility index (Phi) is 3.44. The van der Waals surface area contributed by atoms with Crippen molar-refractivity contribution < 1.29 is 0 Å². The van der Waals surface area contributed by atoms with Crippen LogP contribution >= 0.6 is 0 Å². The van der Waals surface area contributed by atoms with Gasteiger partial charge in [-0.1, -0.05) is 0 Å². The number of rotatable bonds is 3. The summed E-state index contributed by atoms with van der Waals surface area (Å²) in [5.41, 5.74) is 0.492. The first-order chi connectivity index (χ1) is 3.66. The van der Waals surface area contributed by atoms with Crippen LogP contribution in [-0.4, -0.2) is 18.8 Å². The van der Waals surface area contributed by atoms with Crippen molar-refractivity contribution in [1.29, 1.82) is 5.41 Å². The van der Waals surface area contributed by atoms with E-state index < -0.39 is 0 Å². The predicted molar refractivity (Wildman–Crippen MR) is 36.2 cm³/mol. The monoisotopic (exact) mass is 113 g/mol. The van der Waals surface area contributed by atoms with Gasteiger partial charge in [0.25, 0.3) is 0 Å². The van der Waals surface area contributed by atoms with Crippen LogP contribution in [0.1, 0.15) is 13.3 Å². The first-order valence-corrected chi connectivity index (χ1v) is 2.73. The van der Waals surface area contributed by atoms with E-state index in [9.17, 15) is 0 Å². The zero-order chi connectivity index (χ0) is 6.57. The Hall–Kier alpha value is -0.370. The van der Waals surface area contributed by atoms with Gasteiger partial charge in [-0.05, 0) is 20.9 Å². The van der Waals surface area contributed by atoms with Crippen LogP contribution in [0.3, 0.4) is 0 Å². The first kappa shape index (κ1) is 7.63. The maximum atomic E-state index is 6.98. The maximum Gasteiger partial charge on any atom is 0.0108 e. The van der Waals surface area contributed by atoms with Crippen molar-refractivity contribution in [2.45, 2.75) is 19.4 Å². The molecule has 0 aromatic heterocycles. The lowest BCUT2D eigenvalue weighted by atomic mass is 10.2. The summed E-state index contributed by atoms with van der Waals surface area (Å²) < 4.78 is 0. The summed E-state index contributed by atoms with van der Waals surface area (Å²) in [5, 5.41) is 9.99. The second-order valence-corrected chi connectivity index (χ2v) is 2.00. The van der Waals surface area contributed by atoms with Crippen LogP contribution in [0, 0.1) is 12.3 Å². The van der Waals surface area contributed by atoms with E-state index >= 15 is 0 Å². The summed E-state index contributed by atoms with van der Waals surface area (Å²) in [6.07, 6.45) is 0.747. The topological polar surface area (TPSA) is 35.9 Å². The lowest BCUT2D eigenvalue weighted by Crippen LogP contribution is -2.23. The van der Waals surface area contributed by atoms with Crippen molar-refractivity contribution in [3.05, 3.63) is 6.92 Å². The molecule has 0 aliphatic carbocycles. The molecule has 0 saturated heterocycles. The molecule has 0 aromatic rings. The van der Waals surface area contributed by atoms with E-state index in [-0.39, 0.29) is 0 Å². The molecule has 1 unspecified atom stereocenters. The van der Waals surface area contributed by atoms with Crippen molar-refractivity contribution in [1.82, 2.24) is 5.32 Å². The van der Waals surface area contributed by atoms with Gasteiger partial charge in [-0.15, -0.1) is 0 Å². The third kappa shape index (κ3) is 3.81. The van der Waals surface area contributed by atoms with Gasteiger partial charge in [0.2, 0.25) is 0 Å². The Morgan fingerprint density at radius 1 is 1.88 bits per heavy atom. The summed E-state index contributed by atoms with van der Waals surface area (Å²) in [6, 6.07) is 0.389. The van der Waals surface area contributed by atoms with Crippen LogP contribution < -0.4 is 5.32 Å². The van der Waals surface area contributed by atoms with Crippen molar-refractivity contribution in [3.63, 3.8) is 0 Å². The first-order valence-electron chi connectivity index (χ1n) is 2.73. The highest BCUT2D eigenvalue weighted by molar-refractivity contribution is 5.85. The summed E-state index contributed by atoms with van der Waals surface area (Å²) in [7, 11) is 1.88. The van der Waals surface area contributed by atoms with Crippen molar-refractivity contribution >= 4 is 5.71 Å². The van der Waals surface area contributed by atoms with Crippen molar-refractivity contribution in [2.24, 2.45) is 0 Å². The second kappa shape index (κ2) is 3.61. The van der Waals surface area contributed by atoms with Crippen molar-refractivity contribution in [2.75, 3.05) is 7.05 Å². The summed E-state index contributed by atoms with van der Waals surface area (Å²) in [4.78, 5) is 0. The molecule has 0 fully saturated rings. The molecule has 0 saturated carbocycles. The standard InChI is InChI=1S/C6H13N2/c1-5(7)4-6(2)8-3/h6-8H,1,4H2,2-3H3. The van der Waals surface area contributed by atoms with Gasteiger partial charge < -0.3 is 10.7 Å². The highest BCUT2D eigenvalue weighted by Crippen LogP contribution is 1.88. The Morgan fingerprint density at radius 2 is 2.38 bits per heavy atom. The minimum Gasteiger partial charge on any atom is -0.317 e. The van der Waals surface area contributed by atoms with E-state index in [4.69, 9.17) is 5.41 Å². The molecule has 0 rings (SSSR count). The lowest BCUT2D eigenvalue weighted by Gasteiger charge is -2.06. The van der Waals surface area contributed by atoms with Gasteiger partial charge in [0, 0.05) is 18.2 Å².